The van der Waals surface area contributed by atoms with Gasteiger partial charge >= 0.3 is 5.97 Å². The number of esters is 1. The predicted octanol–water partition coefficient (Wildman–Crippen LogP) is 2.02. The summed E-state index contributed by atoms with van der Waals surface area (Å²) in [7, 11) is 1.44. The number of carbonyl (C=O) groups is 1. The van der Waals surface area contributed by atoms with Crippen LogP contribution in [0.4, 0.5) is 0 Å². The van der Waals surface area contributed by atoms with Crippen LogP contribution in [0.1, 0.15) is 51.4 Å². The van der Waals surface area contributed by atoms with Crippen LogP contribution in [0.15, 0.2) is 0 Å². The number of ether oxygens (including phenoxy) is 1. The number of rotatable bonds is 3. The third-order valence-electron chi connectivity index (χ3n) is 4.45. The molecule has 3 fully saturated rings. The van der Waals surface area contributed by atoms with Crippen LogP contribution in [-0.2, 0) is 9.53 Å². The molecule has 0 unspecified atom stereocenters. The van der Waals surface area contributed by atoms with Crippen LogP contribution >= 0.6 is 0 Å². The van der Waals surface area contributed by atoms with Crippen LogP contribution in [0.2, 0.25) is 0 Å². The molecule has 0 aromatic rings. The molecule has 1 N–H and O–H groups in total. The molecule has 0 aromatic carbocycles. The van der Waals surface area contributed by atoms with Gasteiger partial charge in [-0.15, -0.1) is 0 Å². The van der Waals surface area contributed by atoms with Gasteiger partial charge in [-0.2, -0.15) is 0 Å². The molecule has 86 valence electrons. The minimum atomic E-state index is -0.368. The molecule has 3 saturated carbocycles. The van der Waals surface area contributed by atoms with Crippen LogP contribution in [0.25, 0.3) is 0 Å². The summed E-state index contributed by atoms with van der Waals surface area (Å²) in [6.45, 7) is 0. The van der Waals surface area contributed by atoms with E-state index in [1.165, 1.54) is 7.11 Å². The summed E-state index contributed by atoms with van der Waals surface area (Å²) in [5.74, 6) is -0.101. The van der Waals surface area contributed by atoms with E-state index in [9.17, 15) is 9.90 Å². The first-order valence-electron chi connectivity index (χ1n) is 5.87. The first kappa shape index (κ1) is 10.9. The molecule has 0 heterocycles. The van der Waals surface area contributed by atoms with Gasteiger partial charge in [-0.3, -0.25) is 4.79 Å². The normalized spacial score (nSPS) is 39.1. The second kappa shape index (κ2) is 3.78. The number of carbonyl (C=O) groups excluding carboxylic acids is 1. The first-order chi connectivity index (χ1) is 7.08. The van der Waals surface area contributed by atoms with Crippen molar-refractivity contribution in [2.45, 2.75) is 57.0 Å². The van der Waals surface area contributed by atoms with Crippen molar-refractivity contribution in [2.24, 2.45) is 5.41 Å². The summed E-state index contributed by atoms with van der Waals surface area (Å²) in [4.78, 5) is 11.1. The van der Waals surface area contributed by atoms with E-state index in [-0.39, 0.29) is 11.6 Å². The van der Waals surface area contributed by atoms with Crippen molar-refractivity contribution in [3.63, 3.8) is 0 Å². The summed E-state index contributed by atoms with van der Waals surface area (Å²) in [5.41, 5.74) is -0.0360. The lowest BCUT2D eigenvalue weighted by molar-refractivity contribution is -0.143. The number of methoxy groups -OCH3 is 1. The van der Waals surface area contributed by atoms with Crippen LogP contribution in [-0.4, -0.2) is 23.8 Å². The molecule has 0 saturated heterocycles. The number of hydrogen-bond acceptors (Lipinski definition) is 3. The second-order valence-electron chi connectivity index (χ2n) is 5.30. The van der Waals surface area contributed by atoms with Crippen LogP contribution in [0.5, 0.6) is 0 Å². The van der Waals surface area contributed by atoms with E-state index in [4.69, 9.17) is 0 Å². The van der Waals surface area contributed by atoms with Gasteiger partial charge in [0.1, 0.15) is 0 Å². The van der Waals surface area contributed by atoms with Crippen molar-refractivity contribution in [2.75, 3.05) is 7.11 Å². The topological polar surface area (TPSA) is 46.5 Å². The van der Waals surface area contributed by atoms with Gasteiger partial charge in [-0.1, -0.05) is 0 Å². The molecule has 0 aromatic heterocycles. The van der Waals surface area contributed by atoms with Gasteiger partial charge < -0.3 is 9.84 Å². The van der Waals surface area contributed by atoms with Crippen molar-refractivity contribution in [3.05, 3.63) is 0 Å². The van der Waals surface area contributed by atoms with Crippen molar-refractivity contribution >= 4 is 5.97 Å². The van der Waals surface area contributed by atoms with E-state index >= 15 is 0 Å². The molecule has 0 amide bonds. The molecule has 3 heteroatoms. The quantitative estimate of drug-likeness (QED) is 0.728. The number of aliphatic hydroxyl groups is 1. The lowest BCUT2D eigenvalue weighted by Gasteiger charge is -2.51. The Morgan fingerprint density at radius 2 is 1.73 bits per heavy atom. The molecule has 0 atom stereocenters. The summed E-state index contributed by atoms with van der Waals surface area (Å²) in [5, 5.41) is 10.1. The second-order valence-corrected chi connectivity index (χ2v) is 5.30. The maximum atomic E-state index is 11.1. The van der Waals surface area contributed by atoms with Crippen LogP contribution in [0, 0.1) is 5.41 Å². The maximum Gasteiger partial charge on any atom is 0.305 e. The van der Waals surface area contributed by atoms with Gasteiger partial charge in [0.2, 0.25) is 0 Å². The highest BCUT2D eigenvalue weighted by atomic mass is 16.5. The van der Waals surface area contributed by atoms with Crippen LogP contribution in [0.3, 0.4) is 0 Å². The highest BCUT2D eigenvalue weighted by molar-refractivity contribution is 5.69. The van der Waals surface area contributed by atoms with Gasteiger partial charge in [-0.05, 0) is 50.4 Å². The smallest absolute Gasteiger partial charge is 0.305 e. The van der Waals surface area contributed by atoms with Crippen molar-refractivity contribution in [1.29, 1.82) is 0 Å². The molecule has 2 bridgehead atoms. The predicted molar refractivity (Wildman–Crippen MR) is 56.3 cm³/mol. The largest absolute Gasteiger partial charge is 0.469 e. The highest BCUT2D eigenvalue weighted by Crippen LogP contribution is 2.54. The fourth-order valence-electron chi connectivity index (χ4n) is 3.09. The Morgan fingerprint density at radius 3 is 2.20 bits per heavy atom. The SMILES string of the molecule is COC(=O)CCC12CCC(O)(CC1)CC2. The highest BCUT2D eigenvalue weighted by Gasteiger charge is 2.47. The lowest BCUT2D eigenvalue weighted by Crippen LogP contribution is -2.46. The number of hydrogen-bond donors (Lipinski definition) is 1. The zero-order valence-corrected chi connectivity index (χ0v) is 9.42. The zero-order valence-electron chi connectivity index (χ0n) is 9.42. The van der Waals surface area contributed by atoms with E-state index in [2.05, 4.69) is 4.74 Å². The molecule has 3 aliphatic rings. The maximum absolute atomic E-state index is 11.1. The van der Waals surface area contributed by atoms with E-state index in [0.717, 1.165) is 44.9 Å². The van der Waals surface area contributed by atoms with Crippen molar-refractivity contribution in [1.82, 2.24) is 0 Å². The summed E-state index contributed by atoms with van der Waals surface area (Å²) < 4.78 is 4.68. The summed E-state index contributed by atoms with van der Waals surface area (Å²) >= 11 is 0. The fourth-order valence-corrected chi connectivity index (χ4v) is 3.09. The average Bonchev–Trinajstić information content (AvgIpc) is 2.28. The average molecular weight is 212 g/mol. The Bertz CT molecular complexity index is 235. The molecular weight excluding hydrogens is 192 g/mol. The van der Waals surface area contributed by atoms with E-state index in [0.29, 0.717) is 11.8 Å². The monoisotopic (exact) mass is 212 g/mol. The Balaban J connectivity index is 1.89. The van der Waals surface area contributed by atoms with Gasteiger partial charge in [0.15, 0.2) is 0 Å². The van der Waals surface area contributed by atoms with Gasteiger partial charge in [-0.25, -0.2) is 0 Å². The van der Waals surface area contributed by atoms with E-state index < -0.39 is 0 Å². The lowest BCUT2D eigenvalue weighted by atomic mass is 9.57. The van der Waals surface area contributed by atoms with Crippen molar-refractivity contribution in [3.8, 4) is 0 Å². The molecule has 0 spiro atoms. The Morgan fingerprint density at radius 1 is 1.20 bits per heavy atom. The van der Waals surface area contributed by atoms with Crippen molar-refractivity contribution < 1.29 is 14.6 Å². The summed E-state index contributed by atoms with van der Waals surface area (Å²) in [6, 6.07) is 0. The third-order valence-corrected chi connectivity index (χ3v) is 4.45. The van der Waals surface area contributed by atoms with E-state index in [1.807, 2.05) is 0 Å². The minimum absolute atomic E-state index is 0.101. The molecule has 0 aliphatic heterocycles. The molecular formula is C12H20O3. The van der Waals surface area contributed by atoms with Gasteiger partial charge in [0, 0.05) is 6.42 Å². The van der Waals surface area contributed by atoms with Gasteiger partial charge in [0.25, 0.3) is 0 Å². The van der Waals surface area contributed by atoms with Crippen LogP contribution < -0.4 is 0 Å². The minimum Gasteiger partial charge on any atom is -0.469 e. The summed E-state index contributed by atoms with van der Waals surface area (Å²) in [6.07, 6.45) is 7.50. The molecule has 3 nitrogen and oxygen atoms in total. The third kappa shape index (κ3) is 2.17. The van der Waals surface area contributed by atoms with E-state index in [1.54, 1.807) is 0 Å². The zero-order chi connectivity index (χ0) is 10.9. The fraction of sp³-hybridized carbons (Fsp3) is 0.917. The first-order valence-corrected chi connectivity index (χ1v) is 5.87. The van der Waals surface area contributed by atoms with Gasteiger partial charge in [0.05, 0.1) is 12.7 Å². The Hall–Kier alpha value is -0.570. The number of fused-ring (bicyclic) bond motifs is 3. The Labute approximate surface area is 90.8 Å². The molecule has 3 rings (SSSR count). The standard InChI is InChI=1S/C12H20O3/c1-15-10(13)2-3-11-4-7-12(14,8-5-11)9-6-11/h14H,2-9H2,1H3. The Kier molecular flexibility index (Phi) is 2.75. The molecule has 0 radical (unpaired) electrons. The molecule has 3 aliphatic carbocycles. The molecule has 15 heavy (non-hydrogen) atoms.